The fourth-order valence-corrected chi connectivity index (χ4v) is 3.27. The zero-order valence-electron chi connectivity index (χ0n) is 10.7. The third-order valence-electron chi connectivity index (χ3n) is 4.40. The second kappa shape index (κ2) is 4.79. The van der Waals surface area contributed by atoms with E-state index < -0.39 is 0 Å². The van der Waals surface area contributed by atoms with Crippen molar-refractivity contribution in [2.75, 3.05) is 26.7 Å². The molecule has 17 heavy (non-hydrogen) atoms. The van der Waals surface area contributed by atoms with Gasteiger partial charge in [0.05, 0.1) is 0 Å². The van der Waals surface area contributed by atoms with Crippen LogP contribution in [0.2, 0.25) is 0 Å². The van der Waals surface area contributed by atoms with Crippen molar-refractivity contribution in [2.24, 2.45) is 0 Å². The van der Waals surface area contributed by atoms with Gasteiger partial charge in [-0.05, 0) is 50.5 Å². The Bertz CT molecular complexity index is 382. The van der Waals surface area contributed by atoms with Crippen LogP contribution in [0.15, 0.2) is 24.3 Å². The highest BCUT2D eigenvalue weighted by Gasteiger charge is 2.28. The first-order chi connectivity index (χ1) is 8.34. The molecule has 0 aromatic heterocycles. The van der Waals surface area contributed by atoms with E-state index in [9.17, 15) is 0 Å². The fourth-order valence-electron chi connectivity index (χ4n) is 3.27. The number of hydrogen-bond donors (Lipinski definition) is 1. The lowest BCUT2D eigenvalue weighted by molar-refractivity contribution is 0.183. The first-order valence-corrected chi connectivity index (χ1v) is 6.83. The van der Waals surface area contributed by atoms with Gasteiger partial charge in [0.25, 0.3) is 0 Å². The van der Waals surface area contributed by atoms with Crippen LogP contribution < -0.4 is 5.32 Å². The van der Waals surface area contributed by atoms with Crippen molar-refractivity contribution in [1.29, 1.82) is 0 Å². The summed E-state index contributed by atoms with van der Waals surface area (Å²) in [6, 6.07) is 9.71. The second-order valence-electron chi connectivity index (χ2n) is 5.52. The molecule has 2 nitrogen and oxygen atoms in total. The molecule has 1 aromatic rings. The average Bonchev–Trinajstić information content (AvgIpc) is 2.37. The van der Waals surface area contributed by atoms with Gasteiger partial charge < -0.3 is 10.2 Å². The zero-order chi connectivity index (χ0) is 11.7. The van der Waals surface area contributed by atoms with Gasteiger partial charge in [0.1, 0.15) is 0 Å². The summed E-state index contributed by atoms with van der Waals surface area (Å²) >= 11 is 0. The van der Waals surface area contributed by atoms with Crippen LogP contribution in [0.1, 0.15) is 29.9 Å². The van der Waals surface area contributed by atoms with Gasteiger partial charge in [0, 0.05) is 18.5 Å². The first-order valence-electron chi connectivity index (χ1n) is 6.83. The standard InChI is InChI=1S/C15H22N2/c1-17(14-6-8-16-9-7-14)11-13-10-12-4-2-3-5-15(12)13/h2-5,13-14,16H,6-11H2,1H3. The van der Waals surface area contributed by atoms with E-state index in [0.717, 1.165) is 12.0 Å². The second-order valence-corrected chi connectivity index (χ2v) is 5.52. The Hall–Kier alpha value is -0.860. The predicted molar refractivity (Wildman–Crippen MR) is 71.4 cm³/mol. The minimum Gasteiger partial charge on any atom is -0.317 e. The molecule has 0 saturated carbocycles. The molecule has 1 atom stereocenters. The van der Waals surface area contributed by atoms with Crippen molar-refractivity contribution in [2.45, 2.75) is 31.2 Å². The Morgan fingerprint density at radius 3 is 2.76 bits per heavy atom. The van der Waals surface area contributed by atoms with Crippen LogP contribution in [0.5, 0.6) is 0 Å². The molecule has 2 heteroatoms. The normalized spacial score (nSPS) is 24.5. The summed E-state index contributed by atoms with van der Waals surface area (Å²) < 4.78 is 0. The molecule has 0 radical (unpaired) electrons. The first kappa shape index (κ1) is 11.2. The predicted octanol–water partition coefficient (Wildman–Crippen LogP) is 2.01. The van der Waals surface area contributed by atoms with Crippen molar-refractivity contribution in [3.63, 3.8) is 0 Å². The van der Waals surface area contributed by atoms with Crippen molar-refractivity contribution >= 4 is 0 Å². The minimum atomic E-state index is 0.783. The summed E-state index contributed by atoms with van der Waals surface area (Å²) in [7, 11) is 2.30. The number of fused-ring (bicyclic) bond motifs is 1. The van der Waals surface area contributed by atoms with E-state index >= 15 is 0 Å². The van der Waals surface area contributed by atoms with Gasteiger partial charge in [-0.25, -0.2) is 0 Å². The van der Waals surface area contributed by atoms with Crippen molar-refractivity contribution in [1.82, 2.24) is 10.2 Å². The molecule has 1 saturated heterocycles. The number of nitrogens with one attached hydrogen (secondary N) is 1. The summed E-state index contributed by atoms with van der Waals surface area (Å²) in [6.07, 6.45) is 3.90. The summed E-state index contributed by atoms with van der Waals surface area (Å²) in [5, 5.41) is 3.44. The Morgan fingerprint density at radius 2 is 2.00 bits per heavy atom. The highest BCUT2D eigenvalue weighted by atomic mass is 15.1. The number of nitrogens with zero attached hydrogens (tertiary/aromatic N) is 1. The van der Waals surface area contributed by atoms with Crippen LogP contribution in [-0.2, 0) is 6.42 Å². The van der Waals surface area contributed by atoms with Crippen LogP contribution in [0.4, 0.5) is 0 Å². The lowest BCUT2D eigenvalue weighted by atomic mass is 9.77. The molecule has 1 heterocycles. The average molecular weight is 230 g/mol. The molecule has 1 aliphatic carbocycles. The van der Waals surface area contributed by atoms with Gasteiger partial charge in [0.2, 0.25) is 0 Å². The lowest BCUT2D eigenvalue weighted by Gasteiger charge is -2.38. The number of piperidine rings is 1. The minimum absolute atomic E-state index is 0.783. The summed E-state index contributed by atoms with van der Waals surface area (Å²) in [5.74, 6) is 0.783. The van der Waals surface area contributed by atoms with E-state index in [2.05, 4.69) is 41.5 Å². The summed E-state index contributed by atoms with van der Waals surface area (Å²) in [6.45, 7) is 3.62. The van der Waals surface area contributed by atoms with Crippen LogP contribution in [0, 0.1) is 0 Å². The SMILES string of the molecule is CN(CC1Cc2ccccc21)C1CCNCC1. The molecule has 3 rings (SSSR count). The van der Waals surface area contributed by atoms with Gasteiger partial charge in [-0.2, -0.15) is 0 Å². The quantitative estimate of drug-likeness (QED) is 0.854. The molecule has 92 valence electrons. The molecule has 0 bridgehead atoms. The largest absolute Gasteiger partial charge is 0.317 e. The van der Waals surface area contributed by atoms with Crippen LogP contribution >= 0.6 is 0 Å². The maximum absolute atomic E-state index is 3.44. The molecule has 1 aliphatic heterocycles. The Labute approximate surface area is 104 Å². The molecular formula is C15H22N2. The van der Waals surface area contributed by atoms with E-state index in [1.54, 1.807) is 11.1 Å². The number of benzene rings is 1. The molecular weight excluding hydrogens is 208 g/mol. The van der Waals surface area contributed by atoms with Gasteiger partial charge in [-0.1, -0.05) is 24.3 Å². The van der Waals surface area contributed by atoms with E-state index in [4.69, 9.17) is 0 Å². The summed E-state index contributed by atoms with van der Waals surface area (Å²) in [5.41, 5.74) is 3.16. The number of rotatable bonds is 3. The summed E-state index contributed by atoms with van der Waals surface area (Å²) in [4.78, 5) is 2.58. The Balaban J connectivity index is 1.58. The monoisotopic (exact) mass is 230 g/mol. The maximum Gasteiger partial charge on any atom is 0.0117 e. The molecule has 0 amide bonds. The molecule has 1 unspecified atom stereocenters. The smallest absolute Gasteiger partial charge is 0.0117 e. The van der Waals surface area contributed by atoms with Gasteiger partial charge >= 0.3 is 0 Å². The lowest BCUT2D eigenvalue weighted by Crippen LogP contribution is -2.43. The van der Waals surface area contributed by atoms with Gasteiger partial charge in [-0.3, -0.25) is 0 Å². The van der Waals surface area contributed by atoms with E-state index in [1.807, 2.05) is 0 Å². The highest BCUT2D eigenvalue weighted by molar-refractivity contribution is 5.40. The topological polar surface area (TPSA) is 15.3 Å². The molecule has 1 fully saturated rings. The van der Waals surface area contributed by atoms with Gasteiger partial charge in [-0.15, -0.1) is 0 Å². The molecule has 1 aromatic carbocycles. The number of likely N-dealkylation sites (N-methyl/N-ethyl adjacent to an activating group) is 1. The third-order valence-corrected chi connectivity index (χ3v) is 4.40. The molecule has 0 spiro atoms. The molecule has 1 N–H and O–H groups in total. The highest BCUT2D eigenvalue weighted by Crippen LogP contribution is 2.35. The maximum atomic E-state index is 3.44. The van der Waals surface area contributed by atoms with Crippen molar-refractivity contribution < 1.29 is 0 Å². The van der Waals surface area contributed by atoms with Crippen LogP contribution in [0.3, 0.4) is 0 Å². The van der Waals surface area contributed by atoms with E-state index in [1.165, 1.54) is 38.9 Å². The van der Waals surface area contributed by atoms with E-state index in [0.29, 0.717) is 0 Å². The third kappa shape index (κ3) is 2.24. The van der Waals surface area contributed by atoms with Crippen molar-refractivity contribution in [3.05, 3.63) is 35.4 Å². The van der Waals surface area contributed by atoms with Crippen LogP contribution in [-0.4, -0.2) is 37.6 Å². The number of hydrogen-bond acceptors (Lipinski definition) is 2. The zero-order valence-corrected chi connectivity index (χ0v) is 10.7. The Kier molecular flexibility index (Phi) is 3.17. The molecule has 2 aliphatic rings. The van der Waals surface area contributed by atoms with Crippen LogP contribution in [0.25, 0.3) is 0 Å². The van der Waals surface area contributed by atoms with Crippen molar-refractivity contribution in [3.8, 4) is 0 Å². The van der Waals surface area contributed by atoms with E-state index in [-0.39, 0.29) is 0 Å². The Morgan fingerprint density at radius 1 is 1.24 bits per heavy atom. The van der Waals surface area contributed by atoms with Gasteiger partial charge in [0.15, 0.2) is 0 Å². The fraction of sp³-hybridized carbons (Fsp3) is 0.600.